The number of amides is 2. The Kier molecular flexibility index (Phi) is 7.32. The zero-order valence-corrected chi connectivity index (χ0v) is 19.3. The molecule has 1 atom stereocenters. The van der Waals surface area contributed by atoms with E-state index in [-0.39, 0.29) is 31.1 Å². The van der Waals surface area contributed by atoms with E-state index in [2.05, 4.69) is 10.6 Å². The predicted molar refractivity (Wildman–Crippen MR) is 130 cm³/mol. The minimum absolute atomic E-state index is 0.127. The Hall–Kier alpha value is -4.00. The van der Waals surface area contributed by atoms with Crippen molar-refractivity contribution >= 4 is 17.5 Å². The number of benzene rings is 3. The van der Waals surface area contributed by atoms with Gasteiger partial charge in [0.15, 0.2) is 6.61 Å². The molecule has 176 valence electrons. The summed E-state index contributed by atoms with van der Waals surface area (Å²) >= 11 is 0. The third-order valence-electron chi connectivity index (χ3n) is 5.38. The van der Waals surface area contributed by atoms with E-state index in [9.17, 15) is 9.59 Å². The monoisotopic (exact) mass is 460 g/mol. The fraction of sp³-hybridized carbons (Fsp3) is 0.259. The van der Waals surface area contributed by atoms with E-state index in [0.29, 0.717) is 23.6 Å². The first-order chi connectivity index (χ1) is 16.5. The number of rotatable bonds is 9. The van der Waals surface area contributed by atoms with Gasteiger partial charge in [-0.15, -0.1) is 0 Å². The lowest BCUT2D eigenvalue weighted by Crippen LogP contribution is -2.29. The van der Waals surface area contributed by atoms with Gasteiger partial charge in [0.1, 0.15) is 23.4 Å². The Bertz CT molecular complexity index is 1160. The molecule has 2 amide bonds. The van der Waals surface area contributed by atoms with Crippen LogP contribution in [0.2, 0.25) is 0 Å². The molecule has 0 unspecified atom stereocenters. The Morgan fingerprint density at radius 2 is 1.76 bits per heavy atom. The van der Waals surface area contributed by atoms with Gasteiger partial charge in [-0.3, -0.25) is 9.59 Å². The van der Waals surface area contributed by atoms with Crippen LogP contribution in [0.3, 0.4) is 0 Å². The molecule has 7 nitrogen and oxygen atoms in total. The predicted octanol–water partition coefficient (Wildman–Crippen LogP) is 4.36. The smallest absolute Gasteiger partial charge is 0.259 e. The van der Waals surface area contributed by atoms with Crippen LogP contribution in [0.5, 0.6) is 17.2 Å². The second-order valence-corrected chi connectivity index (χ2v) is 8.01. The number of hydrogen-bond acceptors (Lipinski definition) is 5. The molecule has 0 radical (unpaired) electrons. The molecular formula is C27H28N2O5. The van der Waals surface area contributed by atoms with Gasteiger partial charge in [0, 0.05) is 29.8 Å². The van der Waals surface area contributed by atoms with E-state index in [0.717, 1.165) is 29.0 Å². The Balaban J connectivity index is 1.36. The van der Waals surface area contributed by atoms with Crippen LogP contribution >= 0.6 is 0 Å². The van der Waals surface area contributed by atoms with Crippen LogP contribution in [-0.4, -0.2) is 31.1 Å². The van der Waals surface area contributed by atoms with Crippen LogP contribution in [0.15, 0.2) is 66.7 Å². The first kappa shape index (κ1) is 23.2. The lowest BCUT2D eigenvalue weighted by atomic mass is 10.1. The topological polar surface area (TPSA) is 85.9 Å². The van der Waals surface area contributed by atoms with Crippen LogP contribution in [0.25, 0.3) is 0 Å². The average molecular weight is 461 g/mol. The zero-order chi connectivity index (χ0) is 23.9. The van der Waals surface area contributed by atoms with E-state index in [4.69, 9.17) is 14.2 Å². The molecule has 34 heavy (non-hydrogen) atoms. The highest BCUT2D eigenvalue weighted by Gasteiger charge is 2.22. The van der Waals surface area contributed by atoms with Crippen molar-refractivity contribution in [3.05, 3.63) is 83.4 Å². The summed E-state index contributed by atoms with van der Waals surface area (Å²) in [6, 6.07) is 19.9. The van der Waals surface area contributed by atoms with Crippen molar-refractivity contribution in [3.63, 3.8) is 0 Å². The van der Waals surface area contributed by atoms with Crippen LogP contribution in [0.1, 0.15) is 35.3 Å². The SMILES string of the molecule is CCOc1cc2c(cc1CNC(=O)COc1ccccc1C(=O)Nc1ccccc1)O[C@H](C)C2. The normalized spacial score (nSPS) is 14.0. The standard InChI is InChI=1S/C27H28N2O5/c1-3-32-24-14-19-13-18(2)34-25(19)15-20(24)16-28-26(30)17-33-23-12-8-7-11-22(23)27(31)29-21-9-5-4-6-10-21/h4-12,14-15,18H,3,13,16-17H2,1-2H3,(H,28,30)(H,29,31)/t18-/m1/s1. The molecule has 1 aliphatic rings. The van der Waals surface area contributed by atoms with Crippen molar-refractivity contribution in [1.82, 2.24) is 5.32 Å². The second kappa shape index (κ2) is 10.7. The van der Waals surface area contributed by atoms with E-state index >= 15 is 0 Å². The maximum Gasteiger partial charge on any atom is 0.259 e. The van der Waals surface area contributed by atoms with Crippen molar-refractivity contribution in [3.8, 4) is 17.2 Å². The number of hydrogen-bond donors (Lipinski definition) is 2. The molecule has 1 aliphatic heterocycles. The summed E-state index contributed by atoms with van der Waals surface area (Å²) in [5, 5.41) is 5.69. The first-order valence-electron chi connectivity index (χ1n) is 11.3. The molecule has 0 aromatic heterocycles. The number of anilines is 1. The highest BCUT2D eigenvalue weighted by molar-refractivity contribution is 6.06. The highest BCUT2D eigenvalue weighted by atomic mass is 16.5. The second-order valence-electron chi connectivity index (χ2n) is 8.01. The van der Waals surface area contributed by atoms with Gasteiger partial charge in [-0.2, -0.15) is 0 Å². The quantitative estimate of drug-likeness (QED) is 0.496. The lowest BCUT2D eigenvalue weighted by Gasteiger charge is -2.14. The summed E-state index contributed by atoms with van der Waals surface area (Å²) in [5.41, 5.74) is 2.98. The molecule has 4 rings (SSSR count). The Labute approximate surface area is 199 Å². The summed E-state index contributed by atoms with van der Waals surface area (Å²) < 4.78 is 17.3. The van der Waals surface area contributed by atoms with Crippen molar-refractivity contribution in [2.75, 3.05) is 18.5 Å². The fourth-order valence-electron chi connectivity index (χ4n) is 3.80. The molecule has 1 heterocycles. The molecular weight excluding hydrogens is 432 g/mol. The molecule has 0 fully saturated rings. The summed E-state index contributed by atoms with van der Waals surface area (Å²) in [6.45, 7) is 4.53. The van der Waals surface area contributed by atoms with Gasteiger partial charge in [-0.05, 0) is 50.2 Å². The van der Waals surface area contributed by atoms with Crippen LogP contribution < -0.4 is 24.8 Å². The van der Waals surface area contributed by atoms with Crippen LogP contribution in [-0.2, 0) is 17.8 Å². The number of fused-ring (bicyclic) bond motifs is 1. The molecule has 7 heteroatoms. The molecule has 3 aromatic rings. The average Bonchev–Trinajstić information content (AvgIpc) is 3.21. The minimum Gasteiger partial charge on any atom is -0.494 e. The molecule has 0 spiro atoms. The Morgan fingerprint density at radius 3 is 2.56 bits per heavy atom. The Morgan fingerprint density at radius 1 is 1.00 bits per heavy atom. The van der Waals surface area contributed by atoms with Crippen LogP contribution in [0, 0.1) is 0 Å². The van der Waals surface area contributed by atoms with Gasteiger partial charge >= 0.3 is 0 Å². The van der Waals surface area contributed by atoms with Gasteiger partial charge in [-0.1, -0.05) is 30.3 Å². The molecule has 3 aromatic carbocycles. The number of para-hydroxylation sites is 2. The molecule has 0 saturated heterocycles. The number of nitrogens with one attached hydrogen (secondary N) is 2. The van der Waals surface area contributed by atoms with Gasteiger partial charge in [0.2, 0.25) is 0 Å². The molecule has 0 saturated carbocycles. The van der Waals surface area contributed by atoms with E-state index in [1.807, 2.05) is 44.2 Å². The van der Waals surface area contributed by atoms with Gasteiger partial charge in [-0.25, -0.2) is 0 Å². The zero-order valence-electron chi connectivity index (χ0n) is 19.3. The van der Waals surface area contributed by atoms with E-state index in [1.165, 1.54) is 0 Å². The van der Waals surface area contributed by atoms with Crippen LogP contribution in [0.4, 0.5) is 5.69 Å². The highest BCUT2D eigenvalue weighted by Crippen LogP contribution is 2.35. The summed E-state index contributed by atoms with van der Waals surface area (Å²) in [6.07, 6.45) is 0.967. The van der Waals surface area contributed by atoms with Gasteiger partial charge in [0.25, 0.3) is 11.8 Å². The van der Waals surface area contributed by atoms with E-state index in [1.54, 1.807) is 36.4 Å². The minimum atomic E-state index is -0.310. The van der Waals surface area contributed by atoms with Gasteiger partial charge < -0.3 is 24.8 Å². The maximum atomic E-state index is 12.7. The van der Waals surface area contributed by atoms with Crippen molar-refractivity contribution < 1.29 is 23.8 Å². The summed E-state index contributed by atoms with van der Waals surface area (Å²) in [5.74, 6) is 1.28. The van der Waals surface area contributed by atoms with Crippen molar-refractivity contribution in [1.29, 1.82) is 0 Å². The van der Waals surface area contributed by atoms with E-state index < -0.39 is 0 Å². The lowest BCUT2D eigenvalue weighted by molar-refractivity contribution is -0.123. The first-order valence-corrected chi connectivity index (χ1v) is 11.3. The molecule has 0 aliphatic carbocycles. The number of carbonyl (C=O) groups excluding carboxylic acids is 2. The largest absolute Gasteiger partial charge is 0.494 e. The van der Waals surface area contributed by atoms with Crippen molar-refractivity contribution in [2.45, 2.75) is 32.9 Å². The third kappa shape index (κ3) is 5.67. The summed E-state index contributed by atoms with van der Waals surface area (Å²) in [4.78, 5) is 25.2. The fourth-order valence-corrected chi connectivity index (χ4v) is 3.80. The number of carbonyl (C=O) groups is 2. The molecule has 2 N–H and O–H groups in total. The summed E-state index contributed by atoms with van der Waals surface area (Å²) in [7, 11) is 0. The maximum absolute atomic E-state index is 12.7. The molecule has 0 bridgehead atoms. The number of ether oxygens (including phenoxy) is 3. The van der Waals surface area contributed by atoms with Gasteiger partial charge in [0.05, 0.1) is 12.2 Å². The third-order valence-corrected chi connectivity index (χ3v) is 5.38. The van der Waals surface area contributed by atoms with Crippen molar-refractivity contribution in [2.24, 2.45) is 0 Å².